The van der Waals surface area contributed by atoms with Crippen LogP contribution in [0.25, 0.3) is 0 Å². The van der Waals surface area contributed by atoms with Crippen molar-refractivity contribution in [1.29, 1.82) is 0 Å². The molecule has 0 unspecified atom stereocenters. The molecule has 42 valence electrons. The quantitative estimate of drug-likeness (QED) is 0.644. The Morgan fingerprint density at radius 1 is 1.50 bits per heavy atom. The Morgan fingerprint density at radius 2 is 1.88 bits per heavy atom. The molecule has 0 saturated heterocycles. The predicted octanol–water partition coefficient (Wildman–Crippen LogP) is 1.33. The minimum absolute atomic E-state index is 0. The number of Topliss-reactive ketones (excluding diaryl/α,β-unsaturated/α-hetero) is 1. The Kier molecular flexibility index (Phi) is 8.85. The van der Waals surface area contributed by atoms with Gasteiger partial charge in [-0.05, 0) is 0 Å². The molecule has 0 aliphatic heterocycles. The average Bonchev–Trinajstić information content (AvgIpc) is 1.27. The van der Waals surface area contributed by atoms with Crippen LogP contribution in [0.5, 0.6) is 0 Å². The van der Waals surface area contributed by atoms with Crippen LogP contribution in [0, 0.1) is 0 Å². The first-order valence-corrected chi connectivity index (χ1v) is 9.18. The number of ketones is 1. The number of carbonyl (C=O) groups is 1. The van der Waals surface area contributed by atoms with Crippen LogP contribution < -0.4 is 0 Å². The molecule has 0 aromatic heterocycles. The van der Waals surface area contributed by atoms with E-state index in [0.29, 0.717) is 5.78 Å². The van der Waals surface area contributed by atoms with Gasteiger partial charge in [-0.3, -0.25) is 0 Å². The van der Waals surface area contributed by atoms with Crippen molar-refractivity contribution in [3.8, 4) is 0 Å². The first kappa shape index (κ1) is 11.7. The van der Waals surface area contributed by atoms with Gasteiger partial charge in [0.25, 0.3) is 0 Å². The second kappa shape index (κ2) is 6.06. The van der Waals surface area contributed by atoms with Crippen LogP contribution in [0.2, 0.25) is 15.9 Å². The molecule has 0 aliphatic rings. The molecule has 0 fully saturated rings. The van der Waals surface area contributed by atoms with Crippen LogP contribution in [-0.4, -0.2) is 22.0 Å². The molecule has 0 spiro atoms. The molecule has 0 N–H and O–H groups in total. The Bertz CT molecular complexity index is 72.8. The predicted molar refractivity (Wildman–Crippen MR) is 33.0 cm³/mol. The molecule has 0 radical (unpaired) electrons. The van der Waals surface area contributed by atoms with Crippen molar-refractivity contribution in [3.63, 3.8) is 0 Å². The Balaban J connectivity index is 0. The van der Waals surface area contributed by atoms with Gasteiger partial charge in [0, 0.05) is 19.5 Å². The molecular formula is C5H11GaOZn. The molecule has 3 heteroatoms. The topological polar surface area (TPSA) is 17.1 Å². The molecule has 0 amide bonds. The van der Waals surface area contributed by atoms with E-state index in [1.807, 2.05) is 0 Å². The first-order valence-electron chi connectivity index (χ1n) is 2.62. The SMILES string of the molecule is CC(=O)[CH2][Ga]([CH3])[CH3].[Zn]. The Hall–Kier alpha value is 0.930. The second-order valence-electron chi connectivity index (χ2n) is 2.30. The van der Waals surface area contributed by atoms with Gasteiger partial charge in [-0.1, -0.05) is 0 Å². The number of rotatable bonds is 2. The fourth-order valence-corrected chi connectivity index (χ4v) is 2.99. The van der Waals surface area contributed by atoms with E-state index < -0.39 is 16.2 Å². The van der Waals surface area contributed by atoms with Gasteiger partial charge in [0.05, 0.1) is 0 Å². The maximum atomic E-state index is 10.3. The second-order valence-corrected chi connectivity index (χ2v) is 9.01. The van der Waals surface area contributed by atoms with Gasteiger partial charge in [-0.2, -0.15) is 0 Å². The summed E-state index contributed by atoms with van der Waals surface area (Å²) in [4.78, 5) is 11.2. The van der Waals surface area contributed by atoms with E-state index in [0.717, 1.165) is 4.98 Å². The summed E-state index contributed by atoms with van der Waals surface area (Å²) < 4.78 is 0. The summed E-state index contributed by atoms with van der Waals surface area (Å²) in [7, 11) is 0. The van der Waals surface area contributed by atoms with Crippen molar-refractivity contribution < 1.29 is 24.3 Å². The summed E-state index contributed by atoms with van der Waals surface area (Å²) in [6.07, 6.45) is 0. The summed E-state index contributed by atoms with van der Waals surface area (Å²) in [6.45, 7) is 1.67. The van der Waals surface area contributed by atoms with Crippen molar-refractivity contribution in [2.45, 2.75) is 22.9 Å². The summed E-state index contributed by atoms with van der Waals surface area (Å²) >= 11 is -0.964. The minimum Gasteiger partial charge on any atom is 0 e. The van der Waals surface area contributed by atoms with Crippen molar-refractivity contribution in [2.75, 3.05) is 0 Å². The molecule has 0 aliphatic carbocycles. The molecule has 0 heterocycles. The van der Waals surface area contributed by atoms with Gasteiger partial charge in [0.1, 0.15) is 0 Å². The number of carbonyl (C=O) groups excluding carboxylic acids is 1. The minimum atomic E-state index is -0.964. The zero-order valence-corrected chi connectivity index (χ0v) is 11.3. The van der Waals surface area contributed by atoms with E-state index in [9.17, 15) is 4.79 Å². The standard InChI is InChI=1S/C3H5O.2CH3.Ga.Zn/c1-3(2)4;;;;/h1H2,2H3;2*1H3;;. The zero-order valence-electron chi connectivity index (χ0n) is 5.90. The molecule has 1 nitrogen and oxygen atoms in total. The third-order valence-corrected chi connectivity index (χ3v) is 3.61. The van der Waals surface area contributed by atoms with Crippen molar-refractivity contribution in [3.05, 3.63) is 0 Å². The van der Waals surface area contributed by atoms with Gasteiger partial charge < -0.3 is 0 Å². The third kappa shape index (κ3) is 10.0. The molecule has 8 heavy (non-hydrogen) atoms. The van der Waals surface area contributed by atoms with Crippen LogP contribution in [0.4, 0.5) is 0 Å². The molecule has 0 bridgehead atoms. The molecule has 0 aromatic rings. The number of hydrogen-bond acceptors (Lipinski definition) is 1. The smallest absolute Gasteiger partial charge is 0 e. The summed E-state index contributed by atoms with van der Waals surface area (Å²) in [5.74, 6) is 0.370. The Morgan fingerprint density at radius 3 is 1.88 bits per heavy atom. The van der Waals surface area contributed by atoms with Gasteiger partial charge in [-0.15, -0.1) is 0 Å². The molecule has 0 atom stereocenters. The average molecular weight is 222 g/mol. The Labute approximate surface area is 69.0 Å². The molecule has 0 aromatic carbocycles. The zero-order chi connectivity index (χ0) is 5.86. The maximum Gasteiger partial charge on any atom is 0 e. The normalized spacial score (nSPS) is 7.38. The molecule has 0 rings (SSSR count). The van der Waals surface area contributed by atoms with Crippen molar-refractivity contribution in [1.82, 2.24) is 0 Å². The fourth-order valence-electron chi connectivity index (χ4n) is 0.575. The van der Waals surface area contributed by atoms with Crippen molar-refractivity contribution in [2.24, 2.45) is 0 Å². The first-order chi connectivity index (χ1) is 3.13. The van der Waals surface area contributed by atoms with Gasteiger partial charge >= 0.3 is 49.7 Å². The van der Waals surface area contributed by atoms with Crippen LogP contribution in [-0.2, 0) is 24.3 Å². The van der Waals surface area contributed by atoms with E-state index >= 15 is 0 Å². The van der Waals surface area contributed by atoms with Crippen molar-refractivity contribution >= 4 is 22.0 Å². The summed E-state index contributed by atoms with van der Waals surface area (Å²) in [5, 5.41) is 0. The van der Waals surface area contributed by atoms with E-state index in [-0.39, 0.29) is 19.5 Å². The van der Waals surface area contributed by atoms with E-state index in [4.69, 9.17) is 0 Å². The fraction of sp³-hybridized carbons (Fsp3) is 0.800. The van der Waals surface area contributed by atoms with Crippen LogP contribution in [0.1, 0.15) is 6.92 Å². The summed E-state index contributed by atoms with van der Waals surface area (Å²) in [5.41, 5.74) is 4.46. The van der Waals surface area contributed by atoms with E-state index in [2.05, 4.69) is 11.0 Å². The van der Waals surface area contributed by atoms with E-state index in [1.54, 1.807) is 6.92 Å². The van der Waals surface area contributed by atoms with Gasteiger partial charge in [-0.25, -0.2) is 0 Å². The monoisotopic (exact) mass is 220 g/mol. The summed E-state index contributed by atoms with van der Waals surface area (Å²) in [6, 6.07) is 0. The molecule has 0 saturated carbocycles. The van der Waals surface area contributed by atoms with E-state index in [1.165, 1.54) is 0 Å². The van der Waals surface area contributed by atoms with Gasteiger partial charge in [0.15, 0.2) is 0 Å². The largest absolute Gasteiger partial charge is 0 e. The van der Waals surface area contributed by atoms with Crippen LogP contribution in [0.3, 0.4) is 0 Å². The third-order valence-electron chi connectivity index (χ3n) is 0.696. The molecular weight excluding hydrogens is 211 g/mol. The van der Waals surface area contributed by atoms with Crippen LogP contribution in [0.15, 0.2) is 0 Å². The maximum absolute atomic E-state index is 10.3. The number of hydrogen-bond donors (Lipinski definition) is 0. The van der Waals surface area contributed by atoms with Crippen LogP contribution >= 0.6 is 0 Å². The van der Waals surface area contributed by atoms with Gasteiger partial charge in [0.2, 0.25) is 0 Å².